The smallest absolute Gasteiger partial charge is 0.0620 e. The lowest BCUT2D eigenvalue weighted by Gasteiger charge is -2.25. The summed E-state index contributed by atoms with van der Waals surface area (Å²) in [6.07, 6.45) is 1.69. The van der Waals surface area contributed by atoms with Gasteiger partial charge in [-0.3, -0.25) is 0 Å². The van der Waals surface area contributed by atoms with Crippen LogP contribution in [0.25, 0.3) is 0 Å². The molecule has 0 fully saturated rings. The first kappa shape index (κ1) is 10.9. The van der Waals surface area contributed by atoms with E-state index in [1.807, 2.05) is 0 Å². The van der Waals surface area contributed by atoms with Crippen molar-refractivity contribution in [3.8, 4) is 0 Å². The van der Waals surface area contributed by atoms with Crippen LogP contribution in [0, 0.1) is 6.92 Å². The van der Waals surface area contributed by atoms with Gasteiger partial charge >= 0.3 is 0 Å². The van der Waals surface area contributed by atoms with Crippen LogP contribution >= 0.6 is 0 Å². The van der Waals surface area contributed by atoms with Crippen molar-refractivity contribution in [2.24, 2.45) is 0 Å². The van der Waals surface area contributed by atoms with Crippen molar-refractivity contribution in [2.75, 3.05) is 0 Å². The van der Waals surface area contributed by atoms with Crippen LogP contribution in [0.5, 0.6) is 0 Å². The van der Waals surface area contributed by atoms with Crippen molar-refractivity contribution >= 4 is 0 Å². The molecule has 11 heavy (non-hydrogen) atoms. The van der Waals surface area contributed by atoms with Gasteiger partial charge in [-0.25, -0.2) is 0 Å². The molecule has 67 valence electrons. The van der Waals surface area contributed by atoms with Crippen LogP contribution < -0.4 is 0 Å². The molecule has 0 heterocycles. The molecule has 0 saturated carbocycles. The van der Waals surface area contributed by atoms with Gasteiger partial charge in [0.1, 0.15) is 0 Å². The van der Waals surface area contributed by atoms with Gasteiger partial charge in [-0.2, -0.15) is 0 Å². The maximum atomic E-state index is 9.51. The van der Waals surface area contributed by atoms with Crippen molar-refractivity contribution < 1.29 is 10.2 Å². The van der Waals surface area contributed by atoms with Gasteiger partial charge in [0, 0.05) is 0 Å². The topological polar surface area (TPSA) is 40.5 Å². The van der Waals surface area contributed by atoms with E-state index in [0.29, 0.717) is 19.3 Å². The normalized spacial score (nSPS) is 18.0. The zero-order valence-electron chi connectivity index (χ0n) is 7.72. The molecule has 0 aromatic carbocycles. The first-order valence-electron chi connectivity index (χ1n) is 4.01. The van der Waals surface area contributed by atoms with Crippen molar-refractivity contribution in [1.82, 2.24) is 0 Å². The number of hydrogen-bond acceptors (Lipinski definition) is 2. The van der Waals surface area contributed by atoms with E-state index in [4.69, 9.17) is 0 Å². The SMILES string of the molecule is [CH2]CC(C)(O)CCC(C)(C)O. The first-order valence-corrected chi connectivity index (χ1v) is 4.01. The summed E-state index contributed by atoms with van der Waals surface area (Å²) in [6, 6.07) is 0. The molecule has 1 atom stereocenters. The van der Waals surface area contributed by atoms with E-state index in [9.17, 15) is 10.2 Å². The van der Waals surface area contributed by atoms with Crippen LogP contribution in [0.3, 0.4) is 0 Å². The fourth-order valence-corrected chi connectivity index (χ4v) is 0.700. The Balaban J connectivity index is 3.70. The van der Waals surface area contributed by atoms with E-state index in [-0.39, 0.29) is 0 Å². The van der Waals surface area contributed by atoms with Gasteiger partial charge in [0.05, 0.1) is 11.2 Å². The number of rotatable bonds is 4. The monoisotopic (exact) mass is 159 g/mol. The first-order chi connectivity index (χ1) is 4.77. The van der Waals surface area contributed by atoms with Crippen molar-refractivity contribution in [1.29, 1.82) is 0 Å². The highest BCUT2D eigenvalue weighted by atomic mass is 16.3. The van der Waals surface area contributed by atoms with Gasteiger partial charge in [0.25, 0.3) is 0 Å². The average Bonchev–Trinajstić information content (AvgIpc) is 1.83. The Hall–Kier alpha value is -0.0800. The Morgan fingerprint density at radius 1 is 1.09 bits per heavy atom. The molecule has 0 aliphatic carbocycles. The summed E-state index contributed by atoms with van der Waals surface area (Å²) in [6.45, 7) is 8.85. The molecule has 0 aliphatic rings. The van der Waals surface area contributed by atoms with Crippen LogP contribution in [0.15, 0.2) is 0 Å². The third kappa shape index (κ3) is 6.32. The predicted octanol–water partition coefficient (Wildman–Crippen LogP) is 1.51. The second-order valence-electron chi connectivity index (χ2n) is 4.06. The van der Waals surface area contributed by atoms with Crippen molar-refractivity contribution in [3.63, 3.8) is 0 Å². The minimum absolute atomic E-state index is 0.489. The van der Waals surface area contributed by atoms with E-state index in [0.717, 1.165) is 0 Å². The maximum Gasteiger partial charge on any atom is 0.0620 e. The fourth-order valence-electron chi connectivity index (χ4n) is 0.700. The molecule has 0 saturated heterocycles. The van der Waals surface area contributed by atoms with Crippen LogP contribution in [-0.4, -0.2) is 21.4 Å². The van der Waals surface area contributed by atoms with E-state index >= 15 is 0 Å². The summed E-state index contributed by atoms with van der Waals surface area (Å²) in [4.78, 5) is 0. The molecule has 0 amide bonds. The summed E-state index contributed by atoms with van der Waals surface area (Å²) in [7, 11) is 0. The molecule has 2 heteroatoms. The Morgan fingerprint density at radius 3 is 1.82 bits per heavy atom. The van der Waals surface area contributed by atoms with Gasteiger partial charge < -0.3 is 10.2 Å². The summed E-state index contributed by atoms with van der Waals surface area (Å²) in [5, 5.41) is 18.9. The molecule has 0 aromatic rings. The van der Waals surface area contributed by atoms with E-state index in [1.54, 1.807) is 20.8 Å². The largest absolute Gasteiger partial charge is 0.390 e. The zero-order valence-corrected chi connectivity index (χ0v) is 7.72. The van der Waals surface area contributed by atoms with E-state index in [2.05, 4.69) is 6.92 Å². The highest BCUT2D eigenvalue weighted by molar-refractivity contribution is 4.77. The van der Waals surface area contributed by atoms with Gasteiger partial charge in [0.2, 0.25) is 0 Å². The lowest BCUT2D eigenvalue weighted by Crippen LogP contribution is -2.28. The third-order valence-corrected chi connectivity index (χ3v) is 1.81. The van der Waals surface area contributed by atoms with Gasteiger partial charge in [0.15, 0.2) is 0 Å². The van der Waals surface area contributed by atoms with Crippen LogP contribution in [0.1, 0.15) is 40.0 Å². The number of aliphatic hydroxyl groups is 2. The summed E-state index contributed by atoms with van der Waals surface area (Å²) in [5.41, 5.74) is -1.40. The van der Waals surface area contributed by atoms with E-state index < -0.39 is 11.2 Å². The Labute approximate surface area is 69.2 Å². The summed E-state index contributed by atoms with van der Waals surface area (Å²) < 4.78 is 0. The summed E-state index contributed by atoms with van der Waals surface area (Å²) in [5.74, 6) is 0. The molecule has 2 nitrogen and oxygen atoms in total. The Bertz CT molecular complexity index is 111. The third-order valence-electron chi connectivity index (χ3n) is 1.81. The molecule has 2 N–H and O–H groups in total. The lowest BCUT2D eigenvalue weighted by molar-refractivity contribution is 0.00768. The molecule has 0 spiro atoms. The molecular formula is C9H19O2. The molecule has 0 aromatic heterocycles. The van der Waals surface area contributed by atoms with Gasteiger partial charge in [-0.1, -0.05) is 6.92 Å². The van der Waals surface area contributed by atoms with Crippen molar-refractivity contribution in [3.05, 3.63) is 6.92 Å². The fraction of sp³-hybridized carbons (Fsp3) is 0.889. The quantitative estimate of drug-likeness (QED) is 0.652. The van der Waals surface area contributed by atoms with Gasteiger partial charge in [-0.15, -0.1) is 0 Å². The highest BCUT2D eigenvalue weighted by Crippen LogP contribution is 2.21. The van der Waals surface area contributed by atoms with E-state index in [1.165, 1.54) is 0 Å². The molecule has 0 rings (SSSR count). The second kappa shape index (κ2) is 3.55. The predicted molar refractivity (Wildman–Crippen MR) is 46.1 cm³/mol. The Morgan fingerprint density at radius 2 is 1.55 bits per heavy atom. The van der Waals surface area contributed by atoms with Crippen LogP contribution in [0.2, 0.25) is 0 Å². The molecular weight excluding hydrogens is 140 g/mol. The van der Waals surface area contributed by atoms with Gasteiger partial charge in [-0.05, 0) is 40.0 Å². The standard InChI is InChI=1S/C9H19O2/c1-5-9(4,11)7-6-8(2,3)10/h10-11H,1,5-7H2,2-4H3. The number of hydrogen-bond donors (Lipinski definition) is 2. The van der Waals surface area contributed by atoms with Crippen molar-refractivity contribution in [2.45, 2.75) is 51.2 Å². The molecule has 1 radical (unpaired) electrons. The molecule has 0 aliphatic heterocycles. The zero-order chi connectivity index (χ0) is 9.12. The maximum absolute atomic E-state index is 9.51. The lowest BCUT2D eigenvalue weighted by atomic mass is 9.91. The minimum atomic E-state index is -0.722. The average molecular weight is 159 g/mol. The van der Waals surface area contributed by atoms with Crippen LogP contribution in [0.4, 0.5) is 0 Å². The minimum Gasteiger partial charge on any atom is -0.390 e. The second-order valence-corrected chi connectivity index (χ2v) is 4.06. The molecule has 1 unspecified atom stereocenters. The van der Waals surface area contributed by atoms with Crippen LogP contribution in [-0.2, 0) is 0 Å². The highest BCUT2D eigenvalue weighted by Gasteiger charge is 2.22. The Kier molecular flexibility index (Phi) is 3.52. The summed E-state index contributed by atoms with van der Waals surface area (Å²) >= 11 is 0. The molecule has 0 bridgehead atoms.